The number of likely N-dealkylation sites (N-methyl/N-ethyl adjacent to an activating group) is 1. The first-order valence-electron chi connectivity index (χ1n) is 3.84. The first-order valence-corrected chi connectivity index (χ1v) is 3.84. The van der Waals surface area contributed by atoms with E-state index >= 15 is 0 Å². The van der Waals surface area contributed by atoms with Crippen LogP contribution in [0.4, 0.5) is 0 Å². The van der Waals surface area contributed by atoms with Gasteiger partial charge in [0.2, 0.25) is 0 Å². The number of para-hydroxylation sites is 1. The average Bonchev–Trinajstić information content (AvgIpc) is 2.09. The summed E-state index contributed by atoms with van der Waals surface area (Å²) in [5.74, 6) is -1.02. The fourth-order valence-corrected chi connectivity index (χ4v) is 1.14. The molecule has 0 aliphatic carbocycles. The number of carboxylic acids is 1. The summed E-state index contributed by atoms with van der Waals surface area (Å²) < 4.78 is 0. The second-order valence-corrected chi connectivity index (χ2v) is 2.62. The van der Waals surface area contributed by atoms with E-state index in [0.717, 1.165) is 0 Å². The van der Waals surface area contributed by atoms with Crippen LogP contribution in [0.15, 0.2) is 24.3 Å². The van der Waals surface area contributed by atoms with Crippen LogP contribution in [0.25, 0.3) is 0 Å². The molecule has 0 saturated carbocycles. The van der Waals surface area contributed by atoms with E-state index in [9.17, 15) is 9.90 Å². The van der Waals surface area contributed by atoms with E-state index < -0.39 is 12.0 Å². The van der Waals surface area contributed by atoms with Crippen molar-refractivity contribution in [2.75, 3.05) is 7.05 Å². The quantitative estimate of drug-likeness (QED) is 0.643. The Bertz CT molecular complexity index is 311. The van der Waals surface area contributed by atoms with E-state index in [0.29, 0.717) is 5.56 Å². The minimum absolute atomic E-state index is 0.00995. The van der Waals surface area contributed by atoms with Gasteiger partial charge in [-0.05, 0) is 13.1 Å². The first kappa shape index (κ1) is 9.54. The Kier molecular flexibility index (Phi) is 2.87. The Morgan fingerprint density at radius 1 is 1.46 bits per heavy atom. The van der Waals surface area contributed by atoms with Gasteiger partial charge in [0.15, 0.2) is 0 Å². The van der Waals surface area contributed by atoms with Gasteiger partial charge in [-0.15, -0.1) is 0 Å². The van der Waals surface area contributed by atoms with Crippen molar-refractivity contribution in [2.45, 2.75) is 6.04 Å². The summed E-state index contributed by atoms with van der Waals surface area (Å²) in [4.78, 5) is 10.7. The van der Waals surface area contributed by atoms with Crippen molar-refractivity contribution in [1.82, 2.24) is 5.32 Å². The van der Waals surface area contributed by atoms with Crippen LogP contribution in [-0.2, 0) is 4.79 Å². The highest BCUT2D eigenvalue weighted by molar-refractivity contribution is 5.76. The van der Waals surface area contributed by atoms with Gasteiger partial charge in [-0.3, -0.25) is 4.79 Å². The van der Waals surface area contributed by atoms with Crippen molar-refractivity contribution in [3.8, 4) is 5.75 Å². The predicted molar refractivity (Wildman–Crippen MR) is 47.5 cm³/mol. The molecule has 1 rings (SSSR count). The molecule has 1 atom stereocenters. The maximum Gasteiger partial charge on any atom is 0.325 e. The third kappa shape index (κ3) is 1.97. The van der Waals surface area contributed by atoms with Crippen LogP contribution in [0.5, 0.6) is 5.75 Å². The normalized spacial score (nSPS) is 12.4. The van der Waals surface area contributed by atoms with E-state index in [1.165, 1.54) is 13.1 Å². The number of hydrogen-bond acceptors (Lipinski definition) is 3. The molecule has 1 unspecified atom stereocenters. The highest BCUT2D eigenvalue weighted by Gasteiger charge is 2.19. The van der Waals surface area contributed by atoms with Crippen molar-refractivity contribution in [3.05, 3.63) is 29.8 Å². The smallest absolute Gasteiger partial charge is 0.325 e. The third-order valence-electron chi connectivity index (χ3n) is 1.78. The zero-order chi connectivity index (χ0) is 9.84. The largest absolute Gasteiger partial charge is 0.508 e. The summed E-state index contributed by atoms with van der Waals surface area (Å²) in [7, 11) is 1.53. The lowest BCUT2D eigenvalue weighted by molar-refractivity contribution is -0.139. The monoisotopic (exact) mass is 181 g/mol. The number of nitrogens with one attached hydrogen (secondary N) is 1. The van der Waals surface area contributed by atoms with Crippen molar-refractivity contribution in [2.24, 2.45) is 0 Å². The van der Waals surface area contributed by atoms with Crippen LogP contribution in [0, 0.1) is 0 Å². The summed E-state index contributed by atoms with van der Waals surface area (Å²) in [6.45, 7) is 0. The lowest BCUT2D eigenvalue weighted by atomic mass is 10.1. The number of carboxylic acid groups (broad SMARTS) is 1. The minimum atomic E-state index is -1.01. The SMILES string of the molecule is CNC(C(=O)O)c1ccccc1O. The highest BCUT2D eigenvalue weighted by atomic mass is 16.4. The van der Waals surface area contributed by atoms with E-state index in [2.05, 4.69) is 5.32 Å². The molecule has 0 amide bonds. The summed E-state index contributed by atoms with van der Waals surface area (Å²) in [5.41, 5.74) is 0.373. The maximum atomic E-state index is 10.7. The minimum Gasteiger partial charge on any atom is -0.508 e. The average molecular weight is 181 g/mol. The molecule has 0 spiro atoms. The molecular weight excluding hydrogens is 170 g/mol. The second kappa shape index (κ2) is 3.91. The van der Waals surface area contributed by atoms with Gasteiger partial charge in [-0.2, -0.15) is 0 Å². The molecular formula is C9H11NO3. The lowest BCUT2D eigenvalue weighted by Crippen LogP contribution is -2.24. The zero-order valence-corrected chi connectivity index (χ0v) is 7.19. The Morgan fingerprint density at radius 2 is 2.08 bits per heavy atom. The number of benzene rings is 1. The Hall–Kier alpha value is -1.55. The first-order chi connectivity index (χ1) is 6.16. The van der Waals surface area contributed by atoms with E-state index in [1.807, 2.05) is 0 Å². The van der Waals surface area contributed by atoms with E-state index in [1.54, 1.807) is 18.2 Å². The number of phenolic OH excluding ortho intramolecular Hbond substituents is 1. The molecule has 0 radical (unpaired) electrons. The molecule has 0 fully saturated rings. The van der Waals surface area contributed by atoms with Gasteiger partial charge in [-0.25, -0.2) is 0 Å². The fourth-order valence-electron chi connectivity index (χ4n) is 1.14. The van der Waals surface area contributed by atoms with Gasteiger partial charge in [0, 0.05) is 5.56 Å². The second-order valence-electron chi connectivity index (χ2n) is 2.62. The molecule has 1 aromatic rings. The molecule has 70 valence electrons. The number of carbonyl (C=O) groups is 1. The highest BCUT2D eigenvalue weighted by Crippen LogP contribution is 2.23. The van der Waals surface area contributed by atoms with Crippen LogP contribution >= 0.6 is 0 Å². The number of aromatic hydroxyl groups is 1. The van der Waals surface area contributed by atoms with Crippen molar-refractivity contribution >= 4 is 5.97 Å². The summed E-state index contributed by atoms with van der Waals surface area (Å²) in [5, 5.41) is 20.7. The number of hydrogen-bond donors (Lipinski definition) is 3. The van der Waals surface area contributed by atoms with Crippen LogP contribution in [0.2, 0.25) is 0 Å². The van der Waals surface area contributed by atoms with E-state index in [-0.39, 0.29) is 5.75 Å². The molecule has 13 heavy (non-hydrogen) atoms. The van der Waals surface area contributed by atoms with Crippen molar-refractivity contribution in [3.63, 3.8) is 0 Å². The number of rotatable bonds is 3. The fraction of sp³-hybridized carbons (Fsp3) is 0.222. The molecule has 0 heterocycles. The summed E-state index contributed by atoms with van der Waals surface area (Å²) >= 11 is 0. The van der Waals surface area contributed by atoms with Crippen molar-refractivity contribution in [1.29, 1.82) is 0 Å². The standard InChI is InChI=1S/C9H11NO3/c1-10-8(9(12)13)6-4-2-3-5-7(6)11/h2-5,8,10-11H,1H3,(H,12,13). The molecule has 0 aliphatic rings. The van der Waals surface area contributed by atoms with Crippen LogP contribution in [-0.4, -0.2) is 23.2 Å². The number of phenols is 1. The molecule has 4 heteroatoms. The molecule has 3 N–H and O–H groups in total. The topological polar surface area (TPSA) is 69.6 Å². The van der Waals surface area contributed by atoms with Gasteiger partial charge in [0.1, 0.15) is 11.8 Å². The van der Waals surface area contributed by atoms with Gasteiger partial charge in [0.05, 0.1) is 0 Å². The molecule has 0 aromatic heterocycles. The van der Waals surface area contributed by atoms with Gasteiger partial charge >= 0.3 is 5.97 Å². The maximum absolute atomic E-state index is 10.7. The summed E-state index contributed by atoms with van der Waals surface area (Å²) in [6.07, 6.45) is 0. The van der Waals surface area contributed by atoms with Gasteiger partial charge < -0.3 is 15.5 Å². The molecule has 0 aliphatic heterocycles. The van der Waals surface area contributed by atoms with Gasteiger partial charge in [0.25, 0.3) is 0 Å². The zero-order valence-electron chi connectivity index (χ0n) is 7.19. The summed E-state index contributed by atoms with van der Waals surface area (Å²) in [6, 6.07) is 5.50. The predicted octanol–water partition coefficient (Wildman–Crippen LogP) is 0.737. The Morgan fingerprint density at radius 3 is 2.54 bits per heavy atom. The Labute approximate surface area is 75.8 Å². The molecule has 0 saturated heterocycles. The van der Waals surface area contributed by atoms with Gasteiger partial charge in [-0.1, -0.05) is 18.2 Å². The van der Waals surface area contributed by atoms with Crippen LogP contribution in [0.3, 0.4) is 0 Å². The van der Waals surface area contributed by atoms with E-state index in [4.69, 9.17) is 5.11 Å². The number of aliphatic carboxylic acids is 1. The molecule has 4 nitrogen and oxygen atoms in total. The Balaban J connectivity index is 3.04. The lowest BCUT2D eigenvalue weighted by Gasteiger charge is -2.12. The van der Waals surface area contributed by atoms with Crippen molar-refractivity contribution < 1.29 is 15.0 Å². The van der Waals surface area contributed by atoms with Crippen LogP contribution in [0.1, 0.15) is 11.6 Å². The van der Waals surface area contributed by atoms with Crippen LogP contribution < -0.4 is 5.32 Å². The molecule has 0 bridgehead atoms. The molecule has 1 aromatic carbocycles. The third-order valence-corrected chi connectivity index (χ3v) is 1.78.